The minimum Gasteiger partial charge on any atom is -0.354 e. The van der Waals surface area contributed by atoms with Crippen molar-refractivity contribution < 1.29 is 4.79 Å². The van der Waals surface area contributed by atoms with Gasteiger partial charge >= 0.3 is 0 Å². The number of likely N-dealkylation sites (tertiary alicyclic amines) is 1. The molecule has 1 heterocycles. The summed E-state index contributed by atoms with van der Waals surface area (Å²) in [6.45, 7) is 7.68. The molecule has 0 aromatic carbocycles. The van der Waals surface area contributed by atoms with E-state index in [-0.39, 0.29) is 11.4 Å². The third kappa shape index (κ3) is 4.76. The smallest absolute Gasteiger partial charge is 0.220 e. The molecule has 0 atom stereocenters. The maximum absolute atomic E-state index is 12.0. The summed E-state index contributed by atoms with van der Waals surface area (Å²) in [6.07, 6.45) is 11.2. The van der Waals surface area contributed by atoms with Crippen LogP contribution in [0.2, 0.25) is 0 Å². The number of amides is 1. The van der Waals surface area contributed by atoms with E-state index in [1.54, 1.807) is 0 Å². The lowest BCUT2D eigenvalue weighted by Crippen LogP contribution is -2.53. The molecule has 3 heteroatoms. The first-order chi connectivity index (χ1) is 9.58. The molecule has 1 saturated heterocycles. The van der Waals surface area contributed by atoms with Crippen LogP contribution in [-0.4, -0.2) is 36.0 Å². The number of nitrogens with one attached hydrogen (secondary N) is 1. The van der Waals surface area contributed by atoms with Crippen LogP contribution in [0.1, 0.15) is 71.6 Å². The van der Waals surface area contributed by atoms with Crippen LogP contribution in [-0.2, 0) is 4.79 Å². The average Bonchev–Trinajstić information content (AvgIpc) is 2.97. The first kappa shape index (κ1) is 15.8. The maximum Gasteiger partial charge on any atom is 0.220 e. The van der Waals surface area contributed by atoms with Gasteiger partial charge in [-0.05, 0) is 52.1 Å². The summed E-state index contributed by atoms with van der Waals surface area (Å²) in [6, 6.07) is 0. The highest BCUT2D eigenvalue weighted by Gasteiger charge is 2.28. The Bertz CT molecular complexity index is 302. The van der Waals surface area contributed by atoms with Crippen LogP contribution in [0.5, 0.6) is 0 Å². The van der Waals surface area contributed by atoms with Gasteiger partial charge in [0.2, 0.25) is 5.91 Å². The lowest BCUT2D eigenvalue weighted by atomic mass is 9.98. The number of hydrogen-bond acceptors (Lipinski definition) is 2. The second-order valence-electron chi connectivity index (χ2n) is 7.33. The number of piperidine rings is 1. The van der Waals surface area contributed by atoms with Crippen LogP contribution in [0.15, 0.2) is 0 Å². The van der Waals surface area contributed by atoms with Crippen molar-refractivity contribution in [3.05, 3.63) is 0 Å². The van der Waals surface area contributed by atoms with E-state index in [1.165, 1.54) is 58.0 Å². The minimum absolute atomic E-state index is 0.101. The van der Waals surface area contributed by atoms with E-state index in [2.05, 4.69) is 24.1 Å². The van der Waals surface area contributed by atoms with E-state index in [0.29, 0.717) is 0 Å². The second-order valence-corrected chi connectivity index (χ2v) is 7.33. The summed E-state index contributed by atoms with van der Waals surface area (Å²) < 4.78 is 0. The van der Waals surface area contributed by atoms with Gasteiger partial charge in [-0.2, -0.15) is 0 Å². The fourth-order valence-corrected chi connectivity index (χ4v) is 3.65. The Morgan fingerprint density at radius 2 is 1.75 bits per heavy atom. The van der Waals surface area contributed by atoms with Crippen LogP contribution in [0.4, 0.5) is 0 Å². The van der Waals surface area contributed by atoms with Crippen molar-refractivity contribution in [1.82, 2.24) is 10.2 Å². The summed E-state index contributed by atoms with van der Waals surface area (Å²) in [4.78, 5) is 14.5. The molecule has 0 spiro atoms. The van der Waals surface area contributed by atoms with Gasteiger partial charge in [-0.15, -0.1) is 0 Å². The molecular formula is C17H32N2O. The fraction of sp³-hybridized carbons (Fsp3) is 0.941. The highest BCUT2D eigenvalue weighted by molar-refractivity contribution is 5.75. The van der Waals surface area contributed by atoms with Crippen molar-refractivity contribution in [2.24, 2.45) is 5.92 Å². The summed E-state index contributed by atoms with van der Waals surface area (Å²) in [5.74, 6) is 1.07. The van der Waals surface area contributed by atoms with E-state index >= 15 is 0 Å². The Hall–Kier alpha value is -0.570. The molecule has 2 fully saturated rings. The maximum atomic E-state index is 12.0. The van der Waals surface area contributed by atoms with Crippen molar-refractivity contribution in [2.45, 2.75) is 77.2 Å². The zero-order valence-electron chi connectivity index (χ0n) is 13.4. The predicted octanol–water partition coefficient (Wildman–Crippen LogP) is 3.34. The normalized spacial score (nSPS) is 22.1. The fourth-order valence-electron chi connectivity index (χ4n) is 3.65. The summed E-state index contributed by atoms with van der Waals surface area (Å²) in [5.41, 5.74) is 0.101. The highest BCUT2D eigenvalue weighted by atomic mass is 16.1. The standard InChI is InChI=1S/C17H32N2O/c1-17(2,19-12-6-3-7-13-19)14-18-16(20)11-10-15-8-4-5-9-15/h15H,3-14H2,1-2H3,(H,18,20). The zero-order valence-corrected chi connectivity index (χ0v) is 13.4. The van der Waals surface area contributed by atoms with E-state index < -0.39 is 0 Å². The molecular weight excluding hydrogens is 248 g/mol. The second kappa shape index (κ2) is 7.44. The topological polar surface area (TPSA) is 32.3 Å². The summed E-state index contributed by atoms with van der Waals surface area (Å²) >= 11 is 0. The van der Waals surface area contributed by atoms with E-state index in [9.17, 15) is 4.79 Å². The Labute approximate surface area is 124 Å². The molecule has 0 bridgehead atoms. The van der Waals surface area contributed by atoms with Gasteiger partial charge in [0.25, 0.3) is 0 Å². The molecule has 0 radical (unpaired) electrons. The van der Waals surface area contributed by atoms with Gasteiger partial charge in [-0.1, -0.05) is 32.1 Å². The number of nitrogens with zero attached hydrogens (tertiary/aromatic N) is 1. The summed E-state index contributed by atoms with van der Waals surface area (Å²) in [5, 5.41) is 3.16. The zero-order chi connectivity index (χ0) is 14.4. The minimum atomic E-state index is 0.101. The van der Waals surface area contributed by atoms with Crippen molar-refractivity contribution >= 4 is 5.91 Å². The molecule has 2 rings (SSSR count). The number of carbonyl (C=O) groups is 1. The SMILES string of the molecule is CC(C)(CNC(=O)CCC1CCCC1)N1CCCCC1. The molecule has 2 aliphatic rings. The van der Waals surface area contributed by atoms with Crippen molar-refractivity contribution in [1.29, 1.82) is 0 Å². The average molecular weight is 280 g/mol. The lowest BCUT2D eigenvalue weighted by Gasteiger charge is -2.41. The van der Waals surface area contributed by atoms with E-state index in [1.807, 2.05) is 0 Å². The first-order valence-corrected chi connectivity index (χ1v) is 8.60. The van der Waals surface area contributed by atoms with Crippen LogP contribution < -0.4 is 5.32 Å². The molecule has 116 valence electrons. The molecule has 1 aliphatic carbocycles. The van der Waals surface area contributed by atoms with Gasteiger partial charge < -0.3 is 5.32 Å². The Balaban J connectivity index is 1.65. The molecule has 0 aromatic heterocycles. The molecule has 3 nitrogen and oxygen atoms in total. The van der Waals surface area contributed by atoms with Gasteiger partial charge in [-0.25, -0.2) is 0 Å². The van der Waals surface area contributed by atoms with Gasteiger partial charge in [0, 0.05) is 18.5 Å². The Morgan fingerprint density at radius 1 is 1.10 bits per heavy atom. The Morgan fingerprint density at radius 3 is 2.40 bits per heavy atom. The van der Waals surface area contributed by atoms with Gasteiger partial charge in [-0.3, -0.25) is 9.69 Å². The Kier molecular flexibility index (Phi) is 5.88. The third-order valence-electron chi connectivity index (χ3n) is 5.18. The molecule has 0 aromatic rings. The van der Waals surface area contributed by atoms with Gasteiger partial charge in [0.05, 0.1) is 0 Å². The number of hydrogen-bond donors (Lipinski definition) is 1. The number of rotatable bonds is 6. The van der Waals surface area contributed by atoms with Crippen LogP contribution >= 0.6 is 0 Å². The van der Waals surface area contributed by atoms with E-state index in [0.717, 1.165) is 25.3 Å². The van der Waals surface area contributed by atoms with Crippen molar-refractivity contribution in [3.8, 4) is 0 Å². The highest BCUT2D eigenvalue weighted by Crippen LogP contribution is 2.28. The lowest BCUT2D eigenvalue weighted by molar-refractivity contribution is -0.122. The van der Waals surface area contributed by atoms with E-state index in [4.69, 9.17) is 0 Å². The largest absolute Gasteiger partial charge is 0.354 e. The molecule has 1 N–H and O–H groups in total. The molecule has 0 unspecified atom stereocenters. The monoisotopic (exact) mass is 280 g/mol. The molecule has 1 aliphatic heterocycles. The first-order valence-electron chi connectivity index (χ1n) is 8.60. The quantitative estimate of drug-likeness (QED) is 0.809. The third-order valence-corrected chi connectivity index (χ3v) is 5.18. The molecule has 1 amide bonds. The van der Waals surface area contributed by atoms with Crippen molar-refractivity contribution in [2.75, 3.05) is 19.6 Å². The number of carbonyl (C=O) groups excluding carboxylic acids is 1. The molecule has 1 saturated carbocycles. The molecule has 20 heavy (non-hydrogen) atoms. The van der Waals surface area contributed by atoms with Gasteiger partial charge in [0.15, 0.2) is 0 Å². The van der Waals surface area contributed by atoms with Crippen LogP contribution in [0.25, 0.3) is 0 Å². The van der Waals surface area contributed by atoms with Crippen molar-refractivity contribution in [3.63, 3.8) is 0 Å². The summed E-state index contributed by atoms with van der Waals surface area (Å²) in [7, 11) is 0. The van der Waals surface area contributed by atoms with Gasteiger partial charge in [0.1, 0.15) is 0 Å². The predicted molar refractivity (Wildman–Crippen MR) is 83.7 cm³/mol. The van der Waals surface area contributed by atoms with Crippen LogP contribution in [0.3, 0.4) is 0 Å². The van der Waals surface area contributed by atoms with Crippen LogP contribution in [0, 0.1) is 5.92 Å².